The zero-order chi connectivity index (χ0) is 15.2. The Morgan fingerprint density at radius 3 is 3.14 bits per heavy atom. The Bertz CT molecular complexity index is 553. The number of amides is 1. The summed E-state index contributed by atoms with van der Waals surface area (Å²) in [4.78, 5) is 18.6. The van der Waals surface area contributed by atoms with Crippen LogP contribution in [0.2, 0.25) is 0 Å². The van der Waals surface area contributed by atoms with E-state index in [1.165, 1.54) is 0 Å². The van der Waals surface area contributed by atoms with Crippen LogP contribution >= 0.6 is 0 Å². The van der Waals surface area contributed by atoms with E-state index >= 15 is 0 Å². The van der Waals surface area contributed by atoms with Crippen molar-refractivity contribution >= 4 is 11.7 Å². The van der Waals surface area contributed by atoms with E-state index in [2.05, 4.69) is 23.3 Å². The Hall–Kier alpha value is -2.13. The summed E-state index contributed by atoms with van der Waals surface area (Å²) in [5.74, 6) is 0.633. The fourth-order valence-corrected chi connectivity index (χ4v) is 2.23. The van der Waals surface area contributed by atoms with Gasteiger partial charge in [-0.2, -0.15) is 5.26 Å². The molecule has 0 spiro atoms. The Morgan fingerprint density at radius 2 is 2.43 bits per heavy atom. The average molecular weight is 288 g/mol. The molecule has 0 aliphatic carbocycles. The standard InChI is InChI=1S/C15H20N4O2/c1-3-4-17-14-8-12(7-11(2)18-14)15(20)19-5-6-21-13(9-16)10-19/h7-8,13H,3-6,10H2,1-2H3,(H,17,18). The molecule has 1 N–H and O–H groups in total. The molecule has 1 amide bonds. The van der Waals surface area contributed by atoms with E-state index in [0.717, 1.165) is 18.7 Å². The maximum atomic E-state index is 12.5. The van der Waals surface area contributed by atoms with Crippen molar-refractivity contribution in [2.24, 2.45) is 0 Å². The van der Waals surface area contributed by atoms with Crippen LogP contribution in [0.1, 0.15) is 29.4 Å². The third-order valence-corrected chi connectivity index (χ3v) is 3.25. The van der Waals surface area contributed by atoms with Gasteiger partial charge in [-0.05, 0) is 25.5 Å². The summed E-state index contributed by atoms with van der Waals surface area (Å²) in [5.41, 5.74) is 1.39. The van der Waals surface area contributed by atoms with Crippen molar-refractivity contribution < 1.29 is 9.53 Å². The monoisotopic (exact) mass is 288 g/mol. The zero-order valence-corrected chi connectivity index (χ0v) is 12.4. The molecule has 1 fully saturated rings. The SMILES string of the molecule is CCCNc1cc(C(=O)N2CCOC(C#N)C2)cc(C)n1. The Morgan fingerprint density at radius 1 is 1.62 bits per heavy atom. The highest BCUT2D eigenvalue weighted by Gasteiger charge is 2.25. The molecule has 1 atom stereocenters. The molecule has 0 radical (unpaired) electrons. The van der Waals surface area contributed by atoms with Crippen LogP contribution in [0.25, 0.3) is 0 Å². The number of aryl methyl sites for hydroxylation is 1. The first kappa shape index (κ1) is 15.3. The first-order valence-corrected chi connectivity index (χ1v) is 7.17. The molecule has 1 aromatic rings. The van der Waals surface area contributed by atoms with E-state index in [0.29, 0.717) is 31.1 Å². The molecule has 0 bridgehead atoms. The van der Waals surface area contributed by atoms with Crippen molar-refractivity contribution in [2.75, 3.05) is 31.6 Å². The Balaban J connectivity index is 2.14. The number of aromatic nitrogens is 1. The lowest BCUT2D eigenvalue weighted by Crippen LogP contribution is -2.45. The highest BCUT2D eigenvalue weighted by Crippen LogP contribution is 2.15. The van der Waals surface area contributed by atoms with Gasteiger partial charge in [0.05, 0.1) is 19.2 Å². The first-order chi connectivity index (χ1) is 10.1. The quantitative estimate of drug-likeness (QED) is 0.910. The molecule has 1 unspecified atom stereocenters. The van der Waals surface area contributed by atoms with Crippen LogP contribution in [0.15, 0.2) is 12.1 Å². The van der Waals surface area contributed by atoms with Crippen molar-refractivity contribution in [1.82, 2.24) is 9.88 Å². The number of rotatable bonds is 4. The van der Waals surface area contributed by atoms with Gasteiger partial charge in [-0.25, -0.2) is 4.98 Å². The lowest BCUT2D eigenvalue weighted by Gasteiger charge is -2.30. The van der Waals surface area contributed by atoms with Gasteiger partial charge in [0.1, 0.15) is 5.82 Å². The van der Waals surface area contributed by atoms with Crippen LogP contribution in [0.5, 0.6) is 0 Å². The molecule has 6 heteroatoms. The summed E-state index contributed by atoms with van der Waals surface area (Å²) >= 11 is 0. The smallest absolute Gasteiger partial charge is 0.254 e. The van der Waals surface area contributed by atoms with Crippen molar-refractivity contribution in [2.45, 2.75) is 26.4 Å². The molecule has 1 aliphatic heterocycles. The largest absolute Gasteiger partial charge is 0.370 e. The summed E-state index contributed by atoms with van der Waals surface area (Å²) in [6, 6.07) is 5.59. The molecule has 2 rings (SSSR count). The van der Waals surface area contributed by atoms with Crippen molar-refractivity contribution in [3.05, 3.63) is 23.4 Å². The first-order valence-electron chi connectivity index (χ1n) is 7.17. The minimum absolute atomic E-state index is 0.0800. The van der Waals surface area contributed by atoms with Crippen LogP contribution < -0.4 is 5.32 Å². The van der Waals surface area contributed by atoms with Gasteiger partial charge in [0.2, 0.25) is 0 Å². The maximum absolute atomic E-state index is 12.5. The van der Waals surface area contributed by atoms with Gasteiger partial charge in [-0.3, -0.25) is 4.79 Å². The highest BCUT2D eigenvalue weighted by atomic mass is 16.5. The summed E-state index contributed by atoms with van der Waals surface area (Å²) in [5, 5.41) is 12.1. The minimum atomic E-state index is -0.539. The summed E-state index contributed by atoms with van der Waals surface area (Å²) in [6.07, 6.45) is 0.454. The van der Waals surface area contributed by atoms with Gasteiger partial charge in [0, 0.05) is 24.3 Å². The van der Waals surface area contributed by atoms with Crippen LogP contribution in [0.4, 0.5) is 5.82 Å². The minimum Gasteiger partial charge on any atom is -0.370 e. The Labute approximate surface area is 124 Å². The average Bonchev–Trinajstić information content (AvgIpc) is 2.51. The fourth-order valence-electron chi connectivity index (χ4n) is 2.23. The summed E-state index contributed by atoms with van der Waals surface area (Å²) in [7, 11) is 0. The molecule has 6 nitrogen and oxygen atoms in total. The van der Waals surface area contributed by atoms with E-state index in [-0.39, 0.29) is 5.91 Å². The number of nitriles is 1. The lowest BCUT2D eigenvalue weighted by atomic mass is 10.1. The highest BCUT2D eigenvalue weighted by molar-refractivity contribution is 5.95. The number of hydrogen-bond donors (Lipinski definition) is 1. The summed E-state index contributed by atoms with van der Waals surface area (Å²) in [6.45, 7) is 5.98. The number of anilines is 1. The summed E-state index contributed by atoms with van der Waals surface area (Å²) < 4.78 is 5.26. The third kappa shape index (κ3) is 3.92. The van der Waals surface area contributed by atoms with Crippen molar-refractivity contribution in [3.8, 4) is 6.07 Å². The molecule has 2 heterocycles. The molecule has 0 saturated carbocycles. The second kappa shape index (κ2) is 7.04. The van der Waals surface area contributed by atoms with Gasteiger partial charge in [-0.1, -0.05) is 6.92 Å². The zero-order valence-electron chi connectivity index (χ0n) is 12.4. The predicted molar refractivity (Wildman–Crippen MR) is 79.0 cm³/mol. The number of nitrogens with zero attached hydrogens (tertiary/aromatic N) is 3. The molecule has 112 valence electrons. The maximum Gasteiger partial charge on any atom is 0.254 e. The fraction of sp³-hybridized carbons (Fsp3) is 0.533. The van der Waals surface area contributed by atoms with Gasteiger partial charge in [0.25, 0.3) is 5.91 Å². The van der Waals surface area contributed by atoms with Gasteiger partial charge < -0.3 is 15.0 Å². The number of carbonyl (C=O) groups excluding carboxylic acids is 1. The van der Waals surface area contributed by atoms with Gasteiger partial charge in [-0.15, -0.1) is 0 Å². The van der Waals surface area contributed by atoms with Crippen LogP contribution in [0, 0.1) is 18.3 Å². The normalized spacial score (nSPS) is 18.1. The van der Waals surface area contributed by atoms with Crippen LogP contribution in [-0.4, -0.2) is 48.1 Å². The Kier molecular flexibility index (Phi) is 5.12. The predicted octanol–water partition coefficient (Wildman–Crippen LogP) is 1.58. The van der Waals surface area contributed by atoms with Crippen molar-refractivity contribution in [3.63, 3.8) is 0 Å². The third-order valence-electron chi connectivity index (χ3n) is 3.25. The van der Waals surface area contributed by atoms with E-state index in [9.17, 15) is 4.79 Å². The number of hydrogen-bond acceptors (Lipinski definition) is 5. The molecule has 1 aliphatic rings. The van der Waals surface area contributed by atoms with Gasteiger partial charge in [0.15, 0.2) is 6.10 Å². The van der Waals surface area contributed by atoms with Gasteiger partial charge >= 0.3 is 0 Å². The van der Waals surface area contributed by atoms with E-state index in [1.807, 2.05) is 6.92 Å². The molecular formula is C15H20N4O2. The van der Waals surface area contributed by atoms with Crippen LogP contribution in [-0.2, 0) is 4.74 Å². The van der Waals surface area contributed by atoms with E-state index in [1.54, 1.807) is 17.0 Å². The topological polar surface area (TPSA) is 78.3 Å². The molecule has 1 aromatic heterocycles. The number of ether oxygens (including phenoxy) is 1. The molecule has 1 saturated heterocycles. The van der Waals surface area contributed by atoms with Crippen molar-refractivity contribution in [1.29, 1.82) is 5.26 Å². The number of carbonyl (C=O) groups is 1. The van der Waals surface area contributed by atoms with E-state index < -0.39 is 6.10 Å². The lowest BCUT2D eigenvalue weighted by molar-refractivity contribution is 0.00346. The van der Waals surface area contributed by atoms with E-state index in [4.69, 9.17) is 10.00 Å². The number of pyridine rings is 1. The molecular weight excluding hydrogens is 268 g/mol. The van der Waals surface area contributed by atoms with Crippen LogP contribution in [0.3, 0.4) is 0 Å². The molecule has 0 aromatic carbocycles. The molecule has 21 heavy (non-hydrogen) atoms. The second-order valence-electron chi connectivity index (χ2n) is 5.05. The number of morpholine rings is 1. The second-order valence-corrected chi connectivity index (χ2v) is 5.05. The number of nitrogens with one attached hydrogen (secondary N) is 1.